The molecule has 0 aromatic heterocycles. The van der Waals surface area contributed by atoms with E-state index in [1.165, 1.54) is 30.5 Å². The summed E-state index contributed by atoms with van der Waals surface area (Å²) in [6.07, 6.45) is 2.81. The van der Waals surface area contributed by atoms with Gasteiger partial charge in [-0.2, -0.15) is 0 Å². The van der Waals surface area contributed by atoms with Crippen LogP contribution in [-0.2, 0) is 0 Å². The molecule has 1 saturated carbocycles. The molecule has 1 aromatic rings. The quantitative estimate of drug-likeness (QED) is 0.817. The first kappa shape index (κ1) is 12.6. The molecule has 0 aliphatic heterocycles. The fraction of sp³-hybridized carbons (Fsp3) is 0.600. The standard InChI is InChI=1S/C15H24N2/c1-3-17(11-13-8-9-13)15(10-16)14-7-5-4-6-12(14)2/h4-7,13,15H,3,8-11,16H2,1-2H3. The summed E-state index contributed by atoms with van der Waals surface area (Å²) in [5, 5.41) is 0. The van der Waals surface area contributed by atoms with E-state index in [1.54, 1.807) is 0 Å². The lowest BCUT2D eigenvalue weighted by Gasteiger charge is -2.31. The third-order valence-corrected chi connectivity index (χ3v) is 3.81. The lowest BCUT2D eigenvalue weighted by molar-refractivity contribution is 0.203. The van der Waals surface area contributed by atoms with E-state index in [9.17, 15) is 0 Å². The maximum atomic E-state index is 6.00. The predicted octanol–water partition coefficient (Wildman–Crippen LogP) is 2.73. The number of likely N-dealkylation sites (N-methyl/N-ethyl adjacent to an activating group) is 1. The molecule has 1 aliphatic rings. The summed E-state index contributed by atoms with van der Waals surface area (Å²) in [6.45, 7) is 7.44. The van der Waals surface area contributed by atoms with E-state index in [4.69, 9.17) is 5.73 Å². The van der Waals surface area contributed by atoms with Crippen molar-refractivity contribution in [3.05, 3.63) is 35.4 Å². The number of nitrogens with two attached hydrogens (primary N) is 1. The molecule has 1 aliphatic carbocycles. The Morgan fingerprint density at radius 1 is 1.35 bits per heavy atom. The van der Waals surface area contributed by atoms with E-state index in [0.29, 0.717) is 12.6 Å². The first-order valence-corrected chi connectivity index (χ1v) is 6.76. The normalized spacial score (nSPS) is 17.4. The molecule has 0 bridgehead atoms. The molecule has 17 heavy (non-hydrogen) atoms. The van der Waals surface area contributed by atoms with Crippen molar-refractivity contribution in [2.75, 3.05) is 19.6 Å². The van der Waals surface area contributed by atoms with E-state index in [2.05, 4.69) is 43.0 Å². The van der Waals surface area contributed by atoms with Crippen LogP contribution in [0.4, 0.5) is 0 Å². The highest BCUT2D eigenvalue weighted by Crippen LogP contribution is 2.33. The van der Waals surface area contributed by atoms with Gasteiger partial charge < -0.3 is 5.73 Å². The van der Waals surface area contributed by atoms with E-state index >= 15 is 0 Å². The maximum Gasteiger partial charge on any atom is 0.0473 e. The Kier molecular flexibility index (Phi) is 4.19. The highest BCUT2D eigenvalue weighted by atomic mass is 15.2. The van der Waals surface area contributed by atoms with Crippen LogP contribution < -0.4 is 5.73 Å². The molecule has 0 saturated heterocycles. The second-order valence-corrected chi connectivity index (χ2v) is 5.14. The van der Waals surface area contributed by atoms with Gasteiger partial charge in [0.25, 0.3) is 0 Å². The number of hydrogen-bond acceptors (Lipinski definition) is 2. The topological polar surface area (TPSA) is 29.3 Å². The molecule has 0 amide bonds. The van der Waals surface area contributed by atoms with Crippen LogP contribution in [0.1, 0.15) is 36.9 Å². The summed E-state index contributed by atoms with van der Waals surface area (Å²) >= 11 is 0. The average Bonchev–Trinajstić information content (AvgIpc) is 3.15. The van der Waals surface area contributed by atoms with Crippen LogP contribution in [0.3, 0.4) is 0 Å². The van der Waals surface area contributed by atoms with Crippen molar-refractivity contribution in [1.82, 2.24) is 4.90 Å². The molecule has 0 radical (unpaired) electrons. The van der Waals surface area contributed by atoms with Crippen LogP contribution in [0.2, 0.25) is 0 Å². The minimum Gasteiger partial charge on any atom is -0.329 e. The van der Waals surface area contributed by atoms with Crippen molar-refractivity contribution in [2.45, 2.75) is 32.7 Å². The first-order valence-electron chi connectivity index (χ1n) is 6.76. The lowest BCUT2D eigenvalue weighted by atomic mass is 9.99. The van der Waals surface area contributed by atoms with Crippen molar-refractivity contribution in [2.24, 2.45) is 11.7 Å². The summed E-state index contributed by atoms with van der Waals surface area (Å²) in [6, 6.07) is 9.02. The Balaban J connectivity index is 2.15. The molecule has 1 unspecified atom stereocenters. The Morgan fingerprint density at radius 3 is 2.59 bits per heavy atom. The second-order valence-electron chi connectivity index (χ2n) is 5.14. The van der Waals surface area contributed by atoms with Gasteiger partial charge in [-0.1, -0.05) is 31.2 Å². The van der Waals surface area contributed by atoms with Gasteiger partial charge in [0.15, 0.2) is 0 Å². The molecular weight excluding hydrogens is 208 g/mol. The third kappa shape index (κ3) is 3.08. The maximum absolute atomic E-state index is 6.00. The highest BCUT2D eigenvalue weighted by Gasteiger charge is 2.27. The minimum atomic E-state index is 0.391. The predicted molar refractivity (Wildman–Crippen MR) is 72.9 cm³/mol. The zero-order chi connectivity index (χ0) is 12.3. The monoisotopic (exact) mass is 232 g/mol. The number of hydrogen-bond donors (Lipinski definition) is 1. The Morgan fingerprint density at radius 2 is 2.06 bits per heavy atom. The molecule has 0 heterocycles. The highest BCUT2D eigenvalue weighted by molar-refractivity contribution is 5.29. The molecule has 2 nitrogen and oxygen atoms in total. The molecule has 0 spiro atoms. The average molecular weight is 232 g/mol. The molecule has 2 rings (SSSR count). The molecule has 1 fully saturated rings. The number of rotatable bonds is 6. The van der Waals surface area contributed by atoms with Gasteiger partial charge in [0.05, 0.1) is 0 Å². The summed E-state index contributed by atoms with van der Waals surface area (Å²) in [7, 11) is 0. The van der Waals surface area contributed by atoms with Crippen molar-refractivity contribution in [3.8, 4) is 0 Å². The van der Waals surface area contributed by atoms with Gasteiger partial charge in [0.2, 0.25) is 0 Å². The van der Waals surface area contributed by atoms with Crippen LogP contribution >= 0.6 is 0 Å². The summed E-state index contributed by atoms with van der Waals surface area (Å²) in [5.41, 5.74) is 8.76. The van der Waals surface area contributed by atoms with E-state index in [-0.39, 0.29) is 0 Å². The number of aryl methyl sites for hydroxylation is 1. The zero-order valence-electron chi connectivity index (χ0n) is 11.0. The van der Waals surface area contributed by atoms with Crippen molar-refractivity contribution in [3.63, 3.8) is 0 Å². The van der Waals surface area contributed by atoms with Crippen LogP contribution in [0.15, 0.2) is 24.3 Å². The Labute approximate surface area is 105 Å². The van der Waals surface area contributed by atoms with Gasteiger partial charge in [-0.3, -0.25) is 4.90 Å². The van der Waals surface area contributed by atoms with Gasteiger partial charge in [-0.25, -0.2) is 0 Å². The van der Waals surface area contributed by atoms with E-state index in [0.717, 1.165) is 12.5 Å². The van der Waals surface area contributed by atoms with Crippen LogP contribution in [-0.4, -0.2) is 24.5 Å². The molecule has 2 heteroatoms. The van der Waals surface area contributed by atoms with Crippen molar-refractivity contribution >= 4 is 0 Å². The molecule has 2 N–H and O–H groups in total. The first-order chi connectivity index (χ1) is 8.26. The van der Waals surface area contributed by atoms with Crippen LogP contribution in [0.5, 0.6) is 0 Å². The molecular formula is C15H24N2. The van der Waals surface area contributed by atoms with Crippen LogP contribution in [0, 0.1) is 12.8 Å². The smallest absolute Gasteiger partial charge is 0.0473 e. The number of nitrogens with zero attached hydrogens (tertiary/aromatic N) is 1. The summed E-state index contributed by atoms with van der Waals surface area (Å²) in [5.74, 6) is 0.924. The van der Waals surface area contributed by atoms with Gasteiger partial charge in [-0.15, -0.1) is 0 Å². The zero-order valence-corrected chi connectivity index (χ0v) is 11.0. The molecule has 1 atom stereocenters. The Hall–Kier alpha value is -0.860. The Bertz CT molecular complexity index is 358. The van der Waals surface area contributed by atoms with Gasteiger partial charge in [0, 0.05) is 19.1 Å². The molecule has 1 aromatic carbocycles. The lowest BCUT2D eigenvalue weighted by Crippen LogP contribution is -2.35. The van der Waals surface area contributed by atoms with Crippen LogP contribution in [0.25, 0.3) is 0 Å². The minimum absolute atomic E-state index is 0.391. The van der Waals surface area contributed by atoms with Crippen molar-refractivity contribution in [1.29, 1.82) is 0 Å². The SMILES string of the molecule is CCN(CC1CC1)C(CN)c1ccccc1C. The second kappa shape index (κ2) is 5.65. The van der Waals surface area contributed by atoms with Gasteiger partial charge in [0.1, 0.15) is 0 Å². The fourth-order valence-corrected chi connectivity index (χ4v) is 2.54. The number of benzene rings is 1. The third-order valence-electron chi connectivity index (χ3n) is 3.81. The van der Waals surface area contributed by atoms with Gasteiger partial charge >= 0.3 is 0 Å². The van der Waals surface area contributed by atoms with Gasteiger partial charge in [-0.05, 0) is 43.4 Å². The van der Waals surface area contributed by atoms with E-state index < -0.39 is 0 Å². The fourth-order valence-electron chi connectivity index (χ4n) is 2.54. The van der Waals surface area contributed by atoms with E-state index in [1.807, 2.05) is 0 Å². The molecule has 94 valence electrons. The largest absolute Gasteiger partial charge is 0.329 e. The summed E-state index contributed by atoms with van der Waals surface area (Å²) < 4.78 is 0. The summed E-state index contributed by atoms with van der Waals surface area (Å²) in [4.78, 5) is 2.54. The van der Waals surface area contributed by atoms with Crippen molar-refractivity contribution < 1.29 is 0 Å².